The Hall–Kier alpha value is -3.47. The molecule has 0 bridgehead atoms. The lowest BCUT2D eigenvalue weighted by atomic mass is 10.0. The predicted octanol–water partition coefficient (Wildman–Crippen LogP) is 5.58. The Balaban J connectivity index is 1.82. The smallest absolute Gasteiger partial charge is 0.163 e. The van der Waals surface area contributed by atoms with Crippen molar-refractivity contribution in [2.75, 3.05) is 19.0 Å². The molecule has 2 aromatic heterocycles. The van der Waals surface area contributed by atoms with Gasteiger partial charge in [-0.1, -0.05) is 31.5 Å². The second-order valence-corrected chi connectivity index (χ2v) is 6.88. The maximum absolute atomic E-state index is 5.37. The number of benzene rings is 2. The fourth-order valence-corrected chi connectivity index (χ4v) is 3.25. The summed E-state index contributed by atoms with van der Waals surface area (Å²) in [6.07, 6.45) is 5.76. The number of fused-ring (bicyclic) bond motifs is 1. The monoisotopic (exact) mass is 384 g/mol. The van der Waals surface area contributed by atoms with Crippen molar-refractivity contribution in [3.05, 3.63) is 67.0 Å². The van der Waals surface area contributed by atoms with Gasteiger partial charge in [-0.15, -0.1) is 0 Å². The first-order chi connectivity index (χ1) is 14.3. The quantitative estimate of drug-likeness (QED) is 0.422. The molecule has 2 heterocycles. The summed E-state index contributed by atoms with van der Waals surface area (Å²) >= 11 is 0. The Morgan fingerprint density at radius 2 is 1.79 bits per heavy atom. The summed E-state index contributed by atoms with van der Waals surface area (Å²) in [6, 6.07) is 18.2. The van der Waals surface area contributed by atoms with E-state index in [1.807, 2.05) is 30.3 Å². The van der Waals surface area contributed by atoms with Crippen molar-refractivity contribution in [1.82, 2.24) is 15.0 Å². The molecule has 0 aliphatic heterocycles. The van der Waals surface area contributed by atoms with Gasteiger partial charge in [0.05, 0.1) is 12.6 Å². The van der Waals surface area contributed by atoms with Crippen LogP contribution < -0.4 is 10.1 Å². The number of rotatable bonds is 7. The van der Waals surface area contributed by atoms with Crippen LogP contribution in [-0.4, -0.2) is 28.6 Å². The summed E-state index contributed by atoms with van der Waals surface area (Å²) in [7, 11) is 1.68. The van der Waals surface area contributed by atoms with Crippen LogP contribution in [0.15, 0.2) is 67.0 Å². The van der Waals surface area contributed by atoms with E-state index >= 15 is 0 Å². The van der Waals surface area contributed by atoms with Crippen LogP contribution in [0.4, 0.5) is 5.82 Å². The molecule has 0 radical (unpaired) electrons. The molecule has 0 saturated heterocycles. The normalized spacial score (nSPS) is 10.8. The third-order valence-electron chi connectivity index (χ3n) is 4.84. The van der Waals surface area contributed by atoms with Crippen LogP contribution in [0, 0.1) is 0 Å². The molecule has 0 aliphatic rings. The average Bonchev–Trinajstić information content (AvgIpc) is 2.79. The molecule has 0 aliphatic carbocycles. The summed E-state index contributed by atoms with van der Waals surface area (Å²) < 4.78 is 5.37. The van der Waals surface area contributed by atoms with E-state index in [1.165, 1.54) is 0 Å². The fourth-order valence-electron chi connectivity index (χ4n) is 3.25. The highest BCUT2D eigenvalue weighted by Crippen LogP contribution is 2.31. The minimum Gasteiger partial charge on any atom is -0.497 e. The van der Waals surface area contributed by atoms with Crippen LogP contribution in [0.25, 0.3) is 33.4 Å². The molecule has 0 amide bonds. The van der Waals surface area contributed by atoms with Crippen molar-refractivity contribution in [2.24, 2.45) is 0 Å². The first-order valence-electron chi connectivity index (χ1n) is 9.89. The zero-order valence-electron chi connectivity index (χ0n) is 16.7. The van der Waals surface area contributed by atoms with Gasteiger partial charge in [0.1, 0.15) is 11.6 Å². The SMILES string of the molecule is CCCCNc1nc(-c2cccnc2)nc2ccc(-c3cccc(OC)c3)cc12. The summed E-state index contributed by atoms with van der Waals surface area (Å²) in [6.45, 7) is 3.06. The minimum absolute atomic E-state index is 0.679. The Morgan fingerprint density at radius 1 is 0.931 bits per heavy atom. The molecular weight excluding hydrogens is 360 g/mol. The lowest BCUT2D eigenvalue weighted by molar-refractivity contribution is 0.415. The molecule has 0 saturated carbocycles. The highest BCUT2D eigenvalue weighted by molar-refractivity contribution is 5.94. The lowest BCUT2D eigenvalue weighted by Crippen LogP contribution is -2.05. The lowest BCUT2D eigenvalue weighted by Gasteiger charge is -2.12. The van der Waals surface area contributed by atoms with E-state index in [0.717, 1.165) is 58.5 Å². The van der Waals surface area contributed by atoms with Gasteiger partial charge in [-0.2, -0.15) is 0 Å². The zero-order chi connectivity index (χ0) is 20.1. The van der Waals surface area contributed by atoms with Gasteiger partial charge in [0.25, 0.3) is 0 Å². The van der Waals surface area contributed by atoms with Crippen molar-refractivity contribution in [1.29, 1.82) is 0 Å². The van der Waals surface area contributed by atoms with E-state index in [1.54, 1.807) is 19.5 Å². The Morgan fingerprint density at radius 3 is 2.59 bits per heavy atom. The molecule has 4 aromatic rings. The second kappa shape index (κ2) is 8.69. The van der Waals surface area contributed by atoms with Gasteiger partial charge >= 0.3 is 0 Å². The maximum Gasteiger partial charge on any atom is 0.163 e. The molecule has 0 spiro atoms. The number of unbranched alkanes of at least 4 members (excludes halogenated alkanes) is 1. The summed E-state index contributed by atoms with van der Waals surface area (Å²) in [5.41, 5.74) is 4.02. The molecule has 5 heteroatoms. The van der Waals surface area contributed by atoms with Gasteiger partial charge in [0.2, 0.25) is 0 Å². The standard InChI is InChI=1S/C24H24N4O/c1-3-4-13-26-24-21-15-18(17-7-5-9-20(14-17)29-2)10-11-22(21)27-23(28-24)19-8-6-12-25-16-19/h5-12,14-16H,3-4,13H2,1-2H3,(H,26,27,28). The summed E-state index contributed by atoms with van der Waals surface area (Å²) in [4.78, 5) is 13.8. The van der Waals surface area contributed by atoms with Gasteiger partial charge in [0.15, 0.2) is 5.82 Å². The summed E-state index contributed by atoms with van der Waals surface area (Å²) in [5.74, 6) is 2.37. The van der Waals surface area contributed by atoms with Crippen molar-refractivity contribution < 1.29 is 4.74 Å². The minimum atomic E-state index is 0.679. The van der Waals surface area contributed by atoms with Crippen molar-refractivity contribution in [3.8, 4) is 28.3 Å². The number of aromatic nitrogens is 3. The van der Waals surface area contributed by atoms with Crippen LogP contribution in [0.2, 0.25) is 0 Å². The van der Waals surface area contributed by atoms with E-state index in [9.17, 15) is 0 Å². The topological polar surface area (TPSA) is 59.9 Å². The number of anilines is 1. The molecule has 4 rings (SSSR count). The number of ether oxygens (including phenoxy) is 1. The van der Waals surface area contributed by atoms with Crippen molar-refractivity contribution in [2.45, 2.75) is 19.8 Å². The number of pyridine rings is 1. The van der Waals surface area contributed by atoms with E-state index in [4.69, 9.17) is 14.7 Å². The van der Waals surface area contributed by atoms with Gasteiger partial charge in [0, 0.05) is 29.9 Å². The van der Waals surface area contributed by atoms with Crippen molar-refractivity contribution in [3.63, 3.8) is 0 Å². The largest absolute Gasteiger partial charge is 0.497 e. The van der Waals surface area contributed by atoms with E-state index in [-0.39, 0.29) is 0 Å². The van der Waals surface area contributed by atoms with E-state index < -0.39 is 0 Å². The molecule has 1 N–H and O–H groups in total. The second-order valence-electron chi connectivity index (χ2n) is 6.88. The molecule has 29 heavy (non-hydrogen) atoms. The Kier molecular flexibility index (Phi) is 5.66. The third kappa shape index (κ3) is 4.19. The fraction of sp³-hybridized carbons (Fsp3) is 0.208. The molecule has 2 aromatic carbocycles. The molecular formula is C24H24N4O. The molecule has 146 valence electrons. The molecule has 0 unspecified atom stereocenters. The molecule has 0 fully saturated rings. The average molecular weight is 384 g/mol. The number of nitrogens with one attached hydrogen (secondary N) is 1. The maximum atomic E-state index is 5.37. The Bertz CT molecular complexity index is 1110. The first kappa shape index (κ1) is 18.9. The van der Waals surface area contributed by atoms with Gasteiger partial charge in [-0.25, -0.2) is 9.97 Å². The highest BCUT2D eigenvalue weighted by atomic mass is 16.5. The van der Waals surface area contributed by atoms with E-state index in [2.05, 4.69) is 41.5 Å². The molecule has 5 nitrogen and oxygen atoms in total. The van der Waals surface area contributed by atoms with Crippen molar-refractivity contribution >= 4 is 16.7 Å². The number of hydrogen-bond acceptors (Lipinski definition) is 5. The van der Waals surface area contributed by atoms with Gasteiger partial charge in [-0.05, 0) is 53.9 Å². The van der Waals surface area contributed by atoms with Crippen LogP contribution in [0.1, 0.15) is 19.8 Å². The van der Waals surface area contributed by atoms with Crippen LogP contribution in [0.5, 0.6) is 5.75 Å². The van der Waals surface area contributed by atoms with E-state index in [0.29, 0.717) is 5.82 Å². The van der Waals surface area contributed by atoms with Crippen LogP contribution in [0.3, 0.4) is 0 Å². The number of nitrogens with zero attached hydrogens (tertiary/aromatic N) is 3. The third-order valence-corrected chi connectivity index (χ3v) is 4.84. The van der Waals surface area contributed by atoms with Crippen LogP contribution in [-0.2, 0) is 0 Å². The van der Waals surface area contributed by atoms with Crippen LogP contribution >= 0.6 is 0 Å². The number of hydrogen-bond donors (Lipinski definition) is 1. The predicted molar refractivity (Wildman–Crippen MR) is 118 cm³/mol. The highest BCUT2D eigenvalue weighted by Gasteiger charge is 2.11. The Labute approximate surface area is 170 Å². The van der Waals surface area contributed by atoms with Gasteiger partial charge in [-0.3, -0.25) is 4.98 Å². The zero-order valence-corrected chi connectivity index (χ0v) is 16.7. The number of methoxy groups -OCH3 is 1. The first-order valence-corrected chi connectivity index (χ1v) is 9.89. The molecule has 0 atom stereocenters. The van der Waals surface area contributed by atoms with Gasteiger partial charge < -0.3 is 10.1 Å². The summed E-state index contributed by atoms with van der Waals surface area (Å²) in [5, 5.41) is 4.51.